The number of H-pyrrole nitrogens is 1. The molecule has 122 valence electrons. The predicted octanol–water partition coefficient (Wildman–Crippen LogP) is 2.93. The van der Waals surface area contributed by atoms with Gasteiger partial charge in [0.1, 0.15) is 0 Å². The van der Waals surface area contributed by atoms with Crippen LogP contribution in [0.25, 0.3) is 21.8 Å². The molecule has 0 amide bonds. The van der Waals surface area contributed by atoms with Crippen molar-refractivity contribution < 1.29 is 19.3 Å². The van der Waals surface area contributed by atoms with Gasteiger partial charge in [-0.15, -0.1) is 0 Å². The largest absolute Gasteiger partial charge is 0.493 e. The maximum Gasteiger partial charge on any atom is 0.198 e. The summed E-state index contributed by atoms with van der Waals surface area (Å²) in [5, 5.41) is 12.1. The van der Waals surface area contributed by atoms with Gasteiger partial charge >= 0.3 is 0 Å². The van der Waals surface area contributed by atoms with Gasteiger partial charge < -0.3 is 24.3 Å². The van der Waals surface area contributed by atoms with E-state index in [2.05, 4.69) is 9.97 Å². The van der Waals surface area contributed by atoms with Crippen molar-refractivity contribution in [3.63, 3.8) is 0 Å². The van der Waals surface area contributed by atoms with E-state index in [0.717, 1.165) is 33.8 Å². The minimum Gasteiger partial charge on any atom is -0.493 e. The van der Waals surface area contributed by atoms with Gasteiger partial charge in [-0.05, 0) is 18.1 Å². The number of fused-ring (bicyclic) bond motifs is 3. The first-order valence-electron chi connectivity index (χ1n) is 7.40. The number of hydrogen-bond donors (Lipinski definition) is 2. The molecule has 3 aromatic rings. The van der Waals surface area contributed by atoms with Crippen LogP contribution in [0.4, 0.5) is 0 Å². The number of hydrogen-bond acceptors (Lipinski definition) is 5. The van der Waals surface area contributed by atoms with E-state index in [1.165, 1.54) is 7.11 Å². The van der Waals surface area contributed by atoms with Crippen LogP contribution in [0.3, 0.4) is 0 Å². The summed E-state index contributed by atoms with van der Waals surface area (Å²) in [6.45, 7) is 2.03. The number of benzene rings is 1. The molecule has 0 saturated carbocycles. The van der Waals surface area contributed by atoms with Gasteiger partial charge in [-0.25, -0.2) is 0 Å². The minimum absolute atomic E-state index is 0.540. The number of rotatable bonds is 5. The van der Waals surface area contributed by atoms with Crippen molar-refractivity contribution in [1.29, 1.82) is 0 Å². The molecule has 0 unspecified atom stereocenters. The first kappa shape index (κ1) is 15.6. The zero-order valence-electron chi connectivity index (χ0n) is 13.6. The van der Waals surface area contributed by atoms with Crippen LogP contribution in [0.1, 0.15) is 24.5 Å². The molecule has 23 heavy (non-hydrogen) atoms. The van der Waals surface area contributed by atoms with Crippen molar-refractivity contribution >= 4 is 21.8 Å². The maximum atomic E-state index is 10.1. The van der Waals surface area contributed by atoms with Crippen LogP contribution >= 0.6 is 0 Å². The zero-order valence-corrected chi connectivity index (χ0v) is 13.6. The maximum absolute atomic E-state index is 10.1. The Hall–Kier alpha value is -2.31. The quantitative estimate of drug-likeness (QED) is 0.708. The number of aliphatic hydroxyl groups is 1. The van der Waals surface area contributed by atoms with E-state index < -0.39 is 6.29 Å². The fraction of sp³-hybridized carbons (Fsp3) is 0.353. The third-order valence-electron chi connectivity index (χ3n) is 4.09. The average molecular weight is 316 g/mol. The smallest absolute Gasteiger partial charge is 0.198 e. The minimum atomic E-state index is -1.04. The Kier molecular flexibility index (Phi) is 4.11. The number of aliphatic hydroxyl groups excluding tert-OH is 1. The molecule has 0 fully saturated rings. The van der Waals surface area contributed by atoms with Gasteiger partial charge in [0.05, 0.1) is 37.1 Å². The summed E-state index contributed by atoms with van der Waals surface area (Å²) in [5.41, 5.74) is 3.32. The lowest BCUT2D eigenvalue weighted by molar-refractivity contribution is -0.0803. The number of pyridine rings is 1. The fourth-order valence-electron chi connectivity index (χ4n) is 2.99. The molecule has 0 bridgehead atoms. The van der Waals surface area contributed by atoms with Crippen molar-refractivity contribution in [2.45, 2.75) is 19.6 Å². The molecule has 0 aliphatic carbocycles. The molecular weight excluding hydrogens is 296 g/mol. The van der Waals surface area contributed by atoms with Crippen molar-refractivity contribution in [3.05, 3.63) is 29.6 Å². The second kappa shape index (κ2) is 6.06. The summed E-state index contributed by atoms with van der Waals surface area (Å²) in [4.78, 5) is 7.70. The number of aryl methyl sites for hydroxylation is 1. The highest BCUT2D eigenvalue weighted by molar-refractivity contribution is 6.10. The van der Waals surface area contributed by atoms with Crippen LogP contribution in [0, 0.1) is 0 Å². The summed E-state index contributed by atoms with van der Waals surface area (Å²) in [5.74, 6) is 1.32. The lowest BCUT2D eigenvalue weighted by Crippen LogP contribution is -2.06. The second-order valence-corrected chi connectivity index (χ2v) is 5.23. The van der Waals surface area contributed by atoms with E-state index in [0.29, 0.717) is 17.2 Å². The first-order valence-corrected chi connectivity index (χ1v) is 7.40. The Morgan fingerprint density at radius 2 is 1.83 bits per heavy atom. The van der Waals surface area contributed by atoms with E-state index in [-0.39, 0.29) is 0 Å². The second-order valence-electron chi connectivity index (χ2n) is 5.23. The molecule has 2 N–H and O–H groups in total. The van der Waals surface area contributed by atoms with Crippen LogP contribution < -0.4 is 9.47 Å². The van der Waals surface area contributed by atoms with Gasteiger partial charge in [0.15, 0.2) is 17.8 Å². The van der Waals surface area contributed by atoms with E-state index in [4.69, 9.17) is 14.2 Å². The van der Waals surface area contributed by atoms with Gasteiger partial charge in [0.25, 0.3) is 0 Å². The highest BCUT2D eigenvalue weighted by Crippen LogP contribution is 2.38. The summed E-state index contributed by atoms with van der Waals surface area (Å²) in [6, 6.07) is 3.84. The molecular formula is C17H20N2O4. The number of aromatic nitrogens is 2. The monoisotopic (exact) mass is 316 g/mol. The van der Waals surface area contributed by atoms with Gasteiger partial charge in [0, 0.05) is 23.9 Å². The van der Waals surface area contributed by atoms with Crippen LogP contribution in [0.5, 0.6) is 11.5 Å². The fourth-order valence-corrected chi connectivity index (χ4v) is 2.99. The molecule has 6 heteroatoms. The number of methoxy groups -OCH3 is 3. The number of nitrogens with zero attached hydrogens (tertiary/aromatic N) is 1. The molecule has 0 spiro atoms. The lowest BCUT2D eigenvalue weighted by atomic mass is 10.0. The van der Waals surface area contributed by atoms with E-state index in [1.807, 2.05) is 19.1 Å². The summed E-state index contributed by atoms with van der Waals surface area (Å²) in [6.07, 6.45) is 1.39. The molecule has 2 heterocycles. The Balaban J connectivity index is 2.38. The zero-order chi connectivity index (χ0) is 16.6. The number of ether oxygens (including phenoxy) is 3. The van der Waals surface area contributed by atoms with Crippen LogP contribution in [0.2, 0.25) is 0 Å². The SMILES string of the molecule is CCc1c([C@@H](O)OC)ncc2[nH]c3cc(OC)c(OC)cc3c12. The molecule has 1 atom stereocenters. The molecule has 0 aliphatic heterocycles. The Labute approximate surface area is 134 Å². The molecule has 0 saturated heterocycles. The van der Waals surface area contributed by atoms with Gasteiger partial charge in [-0.1, -0.05) is 6.92 Å². The van der Waals surface area contributed by atoms with Gasteiger partial charge in [0.2, 0.25) is 0 Å². The molecule has 0 radical (unpaired) electrons. The van der Waals surface area contributed by atoms with Crippen molar-refractivity contribution in [2.75, 3.05) is 21.3 Å². The van der Waals surface area contributed by atoms with Gasteiger partial charge in [-0.2, -0.15) is 0 Å². The topological polar surface area (TPSA) is 76.6 Å². The van der Waals surface area contributed by atoms with Crippen LogP contribution in [0.15, 0.2) is 18.3 Å². The molecule has 0 aliphatic rings. The highest BCUT2D eigenvalue weighted by Gasteiger charge is 2.19. The Morgan fingerprint density at radius 1 is 1.13 bits per heavy atom. The van der Waals surface area contributed by atoms with Crippen molar-refractivity contribution in [1.82, 2.24) is 9.97 Å². The van der Waals surface area contributed by atoms with Gasteiger partial charge in [-0.3, -0.25) is 4.98 Å². The van der Waals surface area contributed by atoms with E-state index in [9.17, 15) is 5.11 Å². The Bertz CT molecular complexity index is 857. The van der Waals surface area contributed by atoms with Crippen LogP contribution in [-0.2, 0) is 11.2 Å². The standard InChI is InChI=1S/C17H20N2O4/c1-5-9-15-10-6-13(21-2)14(22-3)7-11(10)19-12(15)8-18-16(9)17(20)23-4/h6-8,17,19-20H,5H2,1-4H3/t17-/m0/s1. The summed E-state index contributed by atoms with van der Waals surface area (Å²) < 4.78 is 15.8. The van der Waals surface area contributed by atoms with E-state index >= 15 is 0 Å². The van der Waals surface area contributed by atoms with Crippen molar-refractivity contribution in [2.24, 2.45) is 0 Å². The average Bonchev–Trinajstić information content (AvgIpc) is 2.96. The first-order chi connectivity index (χ1) is 11.1. The molecule has 3 rings (SSSR count). The summed E-state index contributed by atoms with van der Waals surface area (Å²) >= 11 is 0. The summed E-state index contributed by atoms with van der Waals surface area (Å²) in [7, 11) is 4.68. The lowest BCUT2D eigenvalue weighted by Gasteiger charge is -2.13. The third kappa shape index (κ3) is 2.40. The number of nitrogens with one attached hydrogen (secondary N) is 1. The predicted molar refractivity (Wildman–Crippen MR) is 88.1 cm³/mol. The Morgan fingerprint density at radius 3 is 2.43 bits per heavy atom. The highest BCUT2D eigenvalue weighted by atomic mass is 16.6. The number of aromatic amines is 1. The third-order valence-corrected chi connectivity index (χ3v) is 4.09. The van der Waals surface area contributed by atoms with E-state index in [1.54, 1.807) is 20.4 Å². The molecule has 6 nitrogen and oxygen atoms in total. The van der Waals surface area contributed by atoms with Crippen molar-refractivity contribution in [3.8, 4) is 11.5 Å². The van der Waals surface area contributed by atoms with Crippen LogP contribution in [-0.4, -0.2) is 36.4 Å². The normalized spacial score (nSPS) is 12.7. The molecule has 2 aromatic heterocycles. The molecule has 1 aromatic carbocycles.